The van der Waals surface area contributed by atoms with E-state index in [1.165, 1.54) is 12.0 Å². The molecule has 0 radical (unpaired) electrons. The molecule has 8 nitrogen and oxygen atoms in total. The van der Waals surface area contributed by atoms with Crippen LogP contribution in [0.1, 0.15) is 11.1 Å². The van der Waals surface area contributed by atoms with Crippen LogP contribution in [0.15, 0.2) is 60.7 Å². The summed E-state index contributed by atoms with van der Waals surface area (Å²) in [5, 5.41) is 0. The lowest BCUT2D eigenvalue weighted by molar-refractivity contribution is -0.145. The van der Waals surface area contributed by atoms with Crippen LogP contribution in [0, 0.1) is 0 Å². The summed E-state index contributed by atoms with van der Waals surface area (Å²) < 4.78 is 5.07. The summed E-state index contributed by atoms with van der Waals surface area (Å²) in [6.07, 6.45) is 0. The summed E-state index contributed by atoms with van der Waals surface area (Å²) in [6, 6.07) is 17.5. The molecule has 0 aliphatic carbocycles. The van der Waals surface area contributed by atoms with E-state index in [1.54, 1.807) is 24.3 Å². The van der Waals surface area contributed by atoms with Crippen molar-refractivity contribution in [3.8, 4) is 0 Å². The van der Waals surface area contributed by atoms with Gasteiger partial charge in [-0.3, -0.25) is 19.3 Å². The largest absolute Gasteiger partial charge is 0.383 e. The van der Waals surface area contributed by atoms with Crippen LogP contribution >= 0.6 is 0 Å². The molecule has 2 aromatic rings. The van der Waals surface area contributed by atoms with Crippen LogP contribution < -0.4 is 0 Å². The molecule has 0 saturated carbocycles. The monoisotopic (exact) mass is 409 g/mol. The Bertz CT molecular complexity index is 917. The number of imide groups is 2. The zero-order valence-electron chi connectivity index (χ0n) is 16.7. The van der Waals surface area contributed by atoms with Gasteiger partial charge in [0.25, 0.3) is 0 Å². The van der Waals surface area contributed by atoms with Crippen LogP contribution in [0.4, 0.5) is 4.79 Å². The van der Waals surface area contributed by atoms with E-state index in [9.17, 15) is 19.2 Å². The highest BCUT2D eigenvalue weighted by Gasteiger charge is 2.45. The smallest absolute Gasteiger partial charge is 0.335 e. The Labute approximate surface area is 174 Å². The van der Waals surface area contributed by atoms with Gasteiger partial charge < -0.3 is 9.64 Å². The fourth-order valence-electron chi connectivity index (χ4n) is 3.13. The number of methoxy groups -OCH3 is 1. The highest BCUT2D eigenvalue weighted by molar-refractivity contribution is 6.44. The van der Waals surface area contributed by atoms with E-state index in [0.717, 1.165) is 10.5 Å². The van der Waals surface area contributed by atoms with E-state index in [0.29, 0.717) is 30.2 Å². The van der Waals surface area contributed by atoms with E-state index in [-0.39, 0.29) is 6.54 Å². The lowest BCUT2D eigenvalue weighted by Crippen LogP contribution is -2.44. The molecule has 0 aromatic heterocycles. The number of ether oxygens (including phenoxy) is 1. The lowest BCUT2D eigenvalue weighted by Gasteiger charge is -2.24. The molecule has 3 rings (SSSR count). The predicted molar refractivity (Wildman–Crippen MR) is 108 cm³/mol. The maximum Gasteiger partial charge on any atom is 0.335 e. The summed E-state index contributed by atoms with van der Waals surface area (Å²) in [6.45, 7) is 0.389. The predicted octanol–water partition coefficient (Wildman–Crippen LogP) is 1.65. The second-order valence-corrected chi connectivity index (χ2v) is 6.84. The molecule has 0 atom stereocenters. The topological polar surface area (TPSA) is 87.2 Å². The summed E-state index contributed by atoms with van der Waals surface area (Å²) >= 11 is 0. The van der Waals surface area contributed by atoms with Crippen molar-refractivity contribution in [3.05, 3.63) is 71.8 Å². The van der Waals surface area contributed by atoms with Crippen LogP contribution in [-0.2, 0) is 32.2 Å². The van der Waals surface area contributed by atoms with Gasteiger partial charge in [0.1, 0.15) is 6.54 Å². The van der Waals surface area contributed by atoms with Crippen LogP contribution in [0.3, 0.4) is 0 Å². The molecule has 5 amide bonds. The maximum atomic E-state index is 12.9. The minimum atomic E-state index is -0.990. The molecule has 1 fully saturated rings. The molecule has 30 heavy (non-hydrogen) atoms. The van der Waals surface area contributed by atoms with E-state index in [2.05, 4.69) is 0 Å². The highest BCUT2D eigenvalue weighted by atomic mass is 16.5. The summed E-state index contributed by atoms with van der Waals surface area (Å²) in [5.41, 5.74) is 1.62. The molecule has 156 valence electrons. The molecule has 1 heterocycles. The van der Waals surface area contributed by atoms with Crippen molar-refractivity contribution in [2.45, 2.75) is 13.1 Å². The van der Waals surface area contributed by atoms with E-state index in [1.807, 2.05) is 36.4 Å². The molecule has 1 aliphatic heterocycles. The molecular weight excluding hydrogens is 386 g/mol. The third-order valence-electron chi connectivity index (χ3n) is 4.75. The van der Waals surface area contributed by atoms with Crippen molar-refractivity contribution in [1.29, 1.82) is 0 Å². The number of urea groups is 1. The Morgan fingerprint density at radius 2 is 1.43 bits per heavy atom. The van der Waals surface area contributed by atoms with Gasteiger partial charge in [0.05, 0.1) is 13.2 Å². The second kappa shape index (κ2) is 9.80. The quantitative estimate of drug-likeness (QED) is 0.464. The maximum absolute atomic E-state index is 12.9. The molecular formula is C22H23N3O5. The molecule has 1 aliphatic rings. The first-order chi connectivity index (χ1) is 14.5. The average Bonchev–Trinajstić information content (AvgIpc) is 2.96. The van der Waals surface area contributed by atoms with E-state index in [4.69, 9.17) is 4.74 Å². The molecule has 0 spiro atoms. The van der Waals surface area contributed by atoms with E-state index < -0.39 is 30.3 Å². The third kappa shape index (κ3) is 4.90. The number of rotatable bonds is 9. The fraction of sp³-hybridized carbons (Fsp3) is 0.273. The van der Waals surface area contributed by atoms with Crippen LogP contribution in [0.25, 0.3) is 0 Å². The lowest BCUT2D eigenvalue weighted by atomic mass is 10.2. The SMILES string of the molecule is COCCN(Cc1ccccc1)C(=O)CN1C(=O)C(=O)N(Cc2ccccc2)C1=O. The van der Waals surface area contributed by atoms with Gasteiger partial charge in [-0.1, -0.05) is 60.7 Å². The third-order valence-corrected chi connectivity index (χ3v) is 4.75. The number of nitrogens with zero attached hydrogens (tertiary/aromatic N) is 3. The van der Waals surface area contributed by atoms with Gasteiger partial charge in [-0.15, -0.1) is 0 Å². The molecule has 0 N–H and O–H groups in total. The van der Waals surface area contributed by atoms with Gasteiger partial charge in [-0.05, 0) is 11.1 Å². The van der Waals surface area contributed by atoms with Crippen molar-refractivity contribution in [2.75, 3.05) is 26.8 Å². The number of carbonyl (C=O) groups excluding carboxylic acids is 4. The van der Waals surface area contributed by atoms with Gasteiger partial charge in [-0.25, -0.2) is 9.69 Å². The van der Waals surface area contributed by atoms with Gasteiger partial charge in [-0.2, -0.15) is 0 Å². The molecule has 0 bridgehead atoms. The van der Waals surface area contributed by atoms with Crippen LogP contribution in [0.5, 0.6) is 0 Å². The molecule has 1 saturated heterocycles. The van der Waals surface area contributed by atoms with Crippen molar-refractivity contribution in [2.24, 2.45) is 0 Å². The first-order valence-electron chi connectivity index (χ1n) is 9.53. The van der Waals surface area contributed by atoms with Crippen LogP contribution in [0.2, 0.25) is 0 Å². The number of hydrogen-bond acceptors (Lipinski definition) is 5. The Hall–Kier alpha value is -3.52. The van der Waals surface area contributed by atoms with Crippen molar-refractivity contribution < 1.29 is 23.9 Å². The van der Waals surface area contributed by atoms with Gasteiger partial charge in [0, 0.05) is 20.2 Å². The van der Waals surface area contributed by atoms with E-state index >= 15 is 0 Å². The Morgan fingerprint density at radius 1 is 0.867 bits per heavy atom. The first kappa shape index (κ1) is 21.2. The number of amides is 5. The minimum absolute atomic E-state index is 0.0215. The summed E-state index contributed by atoms with van der Waals surface area (Å²) in [7, 11) is 1.53. The number of carbonyl (C=O) groups is 4. The zero-order valence-corrected chi connectivity index (χ0v) is 16.7. The standard InChI is InChI=1S/C22H23N3O5/c1-30-13-12-23(14-17-8-4-2-5-9-17)19(26)16-25-21(28)20(27)24(22(25)29)15-18-10-6-3-7-11-18/h2-11H,12-16H2,1H3. The Kier molecular flexibility index (Phi) is 6.92. The van der Waals surface area contributed by atoms with Gasteiger partial charge >= 0.3 is 17.8 Å². The van der Waals surface area contributed by atoms with Crippen molar-refractivity contribution in [3.63, 3.8) is 0 Å². The van der Waals surface area contributed by atoms with Crippen LogP contribution in [-0.4, -0.2) is 65.3 Å². The minimum Gasteiger partial charge on any atom is -0.383 e. The highest BCUT2D eigenvalue weighted by Crippen LogP contribution is 2.16. The molecule has 2 aromatic carbocycles. The Morgan fingerprint density at radius 3 is 2.03 bits per heavy atom. The zero-order chi connectivity index (χ0) is 21.5. The molecule has 0 unspecified atom stereocenters. The van der Waals surface area contributed by atoms with Crippen molar-refractivity contribution >= 4 is 23.8 Å². The molecule has 8 heteroatoms. The fourth-order valence-corrected chi connectivity index (χ4v) is 3.13. The van der Waals surface area contributed by atoms with Gasteiger partial charge in [0.15, 0.2) is 0 Å². The van der Waals surface area contributed by atoms with Crippen molar-refractivity contribution in [1.82, 2.24) is 14.7 Å². The summed E-state index contributed by atoms with van der Waals surface area (Å²) in [4.78, 5) is 53.3. The van der Waals surface area contributed by atoms with Gasteiger partial charge in [0.2, 0.25) is 5.91 Å². The number of benzene rings is 2. The average molecular weight is 409 g/mol. The Balaban J connectivity index is 1.70. The normalized spacial score (nSPS) is 13.8. The summed E-state index contributed by atoms with van der Waals surface area (Å²) in [5.74, 6) is -2.36. The number of hydrogen-bond donors (Lipinski definition) is 0. The second-order valence-electron chi connectivity index (χ2n) is 6.84. The first-order valence-corrected chi connectivity index (χ1v) is 9.53.